The van der Waals surface area contributed by atoms with Crippen LogP contribution in [0.1, 0.15) is 31.3 Å². The maximum Gasteiger partial charge on any atom is 0.268 e. The molecule has 0 aliphatic rings. The van der Waals surface area contributed by atoms with E-state index in [2.05, 4.69) is 5.32 Å². The lowest BCUT2D eigenvalue weighted by Gasteiger charge is -2.20. The van der Waals surface area contributed by atoms with Gasteiger partial charge in [0.1, 0.15) is 10.6 Å². The smallest absolute Gasteiger partial charge is 0.268 e. The van der Waals surface area contributed by atoms with E-state index in [-0.39, 0.29) is 22.0 Å². The van der Waals surface area contributed by atoms with Crippen LogP contribution in [0.5, 0.6) is 0 Å². The number of aryl methyl sites for hydroxylation is 1. The minimum absolute atomic E-state index is 0.0703. The number of nitrogens with two attached hydrogens (primary N) is 1. The maximum absolute atomic E-state index is 11.9. The van der Waals surface area contributed by atoms with Gasteiger partial charge < -0.3 is 9.88 Å². The third-order valence-electron chi connectivity index (χ3n) is 2.03. The Morgan fingerprint density at radius 2 is 1.94 bits per heavy atom. The lowest BCUT2D eigenvalue weighted by molar-refractivity contribution is 0.0911. The molecule has 1 aromatic rings. The lowest BCUT2D eigenvalue weighted by Crippen LogP contribution is -2.41. The Bertz CT molecular complexity index is 538. The second-order valence-corrected chi connectivity index (χ2v) is 6.48. The first-order valence-electron chi connectivity index (χ1n) is 5.02. The predicted molar refractivity (Wildman–Crippen MR) is 64.0 cm³/mol. The molecule has 0 saturated carbocycles. The summed E-state index contributed by atoms with van der Waals surface area (Å²) in [7, 11) is -2.19. The molecule has 3 N–H and O–H groups in total. The predicted octanol–water partition coefficient (Wildman–Crippen LogP) is 0.201. The molecule has 1 heterocycles. The zero-order valence-corrected chi connectivity index (χ0v) is 11.1. The van der Waals surface area contributed by atoms with Crippen LogP contribution in [0.15, 0.2) is 17.2 Å². The van der Waals surface area contributed by atoms with Crippen molar-refractivity contribution in [2.75, 3.05) is 0 Å². The fourth-order valence-corrected chi connectivity index (χ4v) is 1.90. The molecule has 1 amide bonds. The summed E-state index contributed by atoms with van der Waals surface area (Å²) in [6.45, 7) is 5.53. The Balaban J connectivity index is 3.09. The standard InChI is InChI=1S/C10H17N3O3S/c1-10(2,3)12-9(14)8-5-7(6-13(8)4)17(11,15)16/h5-6H,1-4H3,(H,12,14)(H2,11,15,16). The quantitative estimate of drug-likeness (QED) is 0.794. The van der Waals surface area contributed by atoms with Crippen LogP contribution >= 0.6 is 0 Å². The monoisotopic (exact) mass is 259 g/mol. The van der Waals surface area contributed by atoms with Crippen molar-refractivity contribution in [2.45, 2.75) is 31.2 Å². The lowest BCUT2D eigenvalue weighted by atomic mass is 10.1. The van der Waals surface area contributed by atoms with Gasteiger partial charge in [0, 0.05) is 18.8 Å². The number of nitrogens with zero attached hydrogens (tertiary/aromatic N) is 1. The molecule has 7 heteroatoms. The molecule has 0 aliphatic heterocycles. The zero-order valence-electron chi connectivity index (χ0n) is 10.3. The van der Waals surface area contributed by atoms with Crippen LogP contribution < -0.4 is 10.5 Å². The third-order valence-corrected chi connectivity index (χ3v) is 2.91. The van der Waals surface area contributed by atoms with Gasteiger partial charge in [0.05, 0.1) is 0 Å². The number of aromatic nitrogens is 1. The molecule has 0 fully saturated rings. The van der Waals surface area contributed by atoms with Crippen LogP contribution in [-0.2, 0) is 17.1 Å². The number of hydrogen-bond donors (Lipinski definition) is 2. The molecule has 1 rings (SSSR count). The Kier molecular flexibility index (Phi) is 3.35. The summed E-state index contributed by atoms with van der Waals surface area (Å²) >= 11 is 0. The Morgan fingerprint density at radius 3 is 2.29 bits per heavy atom. The van der Waals surface area contributed by atoms with Gasteiger partial charge in [0.2, 0.25) is 10.0 Å². The normalized spacial score (nSPS) is 12.5. The minimum Gasteiger partial charge on any atom is -0.346 e. The number of carbonyl (C=O) groups excluding carboxylic acids is 1. The fourth-order valence-electron chi connectivity index (χ4n) is 1.32. The van der Waals surface area contributed by atoms with Crippen molar-refractivity contribution in [3.8, 4) is 0 Å². The number of nitrogens with one attached hydrogen (secondary N) is 1. The largest absolute Gasteiger partial charge is 0.346 e. The van der Waals surface area contributed by atoms with Gasteiger partial charge in [-0.3, -0.25) is 4.79 Å². The van der Waals surface area contributed by atoms with E-state index in [1.807, 2.05) is 20.8 Å². The highest BCUT2D eigenvalue weighted by Gasteiger charge is 2.20. The molecule has 0 bridgehead atoms. The molecule has 0 aliphatic carbocycles. The van der Waals surface area contributed by atoms with E-state index in [0.29, 0.717) is 0 Å². The van der Waals surface area contributed by atoms with E-state index in [0.717, 1.165) is 0 Å². The van der Waals surface area contributed by atoms with Crippen molar-refractivity contribution < 1.29 is 13.2 Å². The van der Waals surface area contributed by atoms with Gasteiger partial charge in [-0.1, -0.05) is 0 Å². The molecule has 0 aromatic carbocycles. The number of primary sulfonamides is 1. The second kappa shape index (κ2) is 4.15. The fraction of sp³-hybridized carbons (Fsp3) is 0.500. The number of carbonyl (C=O) groups is 1. The van der Waals surface area contributed by atoms with Crippen molar-refractivity contribution in [3.05, 3.63) is 18.0 Å². The van der Waals surface area contributed by atoms with Crippen LogP contribution in [0.2, 0.25) is 0 Å². The molecule has 17 heavy (non-hydrogen) atoms. The first-order chi connectivity index (χ1) is 7.50. The van der Waals surface area contributed by atoms with Crippen molar-refractivity contribution in [1.29, 1.82) is 0 Å². The second-order valence-electron chi connectivity index (χ2n) is 4.92. The summed E-state index contributed by atoms with van der Waals surface area (Å²) in [5.41, 5.74) is -0.132. The number of sulfonamides is 1. The van der Waals surface area contributed by atoms with E-state index in [4.69, 9.17) is 5.14 Å². The number of amides is 1. The van der Waals surface area contributed by atoms with Gasteiger partial charge in [0.15, 0.2) is 0 Å². The topological polar surface area (TPSA) is 94.2 Å². The molecule has 96 valence electrons. The molecule has 0 atom stereocenters. The average molecular weight is 259 g/mol. The highest BCUT2D eigenvalue weighted by molar-refractivity contribution is 7.89. The summed E-state index contributed by atoms with van der Waals surface area (Å²) < 4.78 is 23.7. The van der Waals surface area contributed by atoms with Gasteiger partial charge in [-0.05, 0) is 26.8 Å². The molecule has 6 nitrogen and oxygen atoms in total. The van der Waals surface area contributed by atoms with Crippen molar-refractivity contribution in [3.63, 3.8) is 0 Å². The number of hydrogen-bond acceptors (Lipinski definition) is 3. The van der Waals surface area contributed by atoms with Crippen LogP contribution in [0.4, 0.5) is 0 Å². The molecule has 1 aromatic heterocycles. The summed E-state index contributed by atoms with van der Waals surface area (Å²) in [5, 5.41) is 7.74. The van der Waals surface area contributed by atoms with Crippen molar-refractivity contribution in [2.24, 2.45) is 12.2 Å². The van der Waals surface area contributed by atoms with E-state index in [1.165, 1.54) is 16.8 Å². The van der Waals surface area contributed by atoms with Crippen LogP contribution in [0.3, 0.4) is 0 Å². The van der Waals surface area contributed by atoms with E-state index in [1.54, 1.807) is 7.05 Å². The van der Waals surface area contributed by atoms with Crippen molar-refractivity contribution in [1.82, 2.24) is 9.88 Å². The van der Waals surface area contributed by atoms with Crippen LogP contribution in [0, 0.1) is 0 Å². The summed E-state index contributed by atoms with van der Waals surface area (Å²) in [5.74, 6) is -0.338. The first-order valence-corrected chi connectivity index (χ1v) is 6.57. The van der Waals surface area contributed by atoms with Gasteiger partial charge in [0.25, 0.3) is 5.91 Å². The van der Waals surface area contributed by atoms with Gasteiger partial charge in [-0.2, -0.15) is 0 Å². The zero-order chi connectivity index (χ0) is 13.4. The van der Waals surface area contributed by atoms with Gasteiger partial charge in [-0.25, -0.2) is 13.6 Å². The number of rotatable bonds is 2. The molecule has 0 spiro atoms. The average Bonchev–Trinajstić information content (AvgIpc) is 2.42. The van der Waals surface area contributed by atoms with E-state index < -0.39 is 10.0 Å². The Morgan fingerprint density at radius 1 is 1.41 bits per heavy atom. The van der Waals surface area contributed by atoms with E-state index in [9.17, 15) is 13.2 Å². The van der Waals surface area contributed by atoms with Crippen LogP contribution in [-0.4, -0.2) is 24.4 Å². The SMILES string of the molecule is Cn1cc(S(N)(=O)=O)cc1C(=O)NC(C)(C)C. The molecular weight excluding hydrogens is 242 g/mol. The first kappa shape index (κ1) is 13.7. The van der Waals surface area contributed by atoms with E-state index >= 15 is 0 Å². The Labute approximate surface area is 101 Å². The highest BCUT2D eigenvalue weighted by atomic mass is 32.2. The molecule has 0 radical (unpaired) electrons. The Hall–Kier alpha value is -1.34. The molecular formula is C10H17N3O3S. The molecule has 0 unspecified atom stereocenters. The van der Waals surface area contributed by atoms with Gasteiger partial charge in [-0.15, -0.1) is 0 Å². The van der Waals surface area contributed by atoms with Gasteiger partial charge >= 0.3 is 0 Å². The third kappa shape index (κ3) is 3.57. The van der Waals surface area contributed by atoms with Crippen LogP contribution in [0.25, 0.3) is 0 Å². The molecule has 0 saturated heterocycles. The minimum atomic E-state index is -3.78. The summed E-state index contributed by atoms with van der Waals surface area (Å²) in [4.78, 5) is 11.8. The highest BCUT2D eigenvalue weighted by Crippen LogP contribution is 2.12. The maximum atomic E-state index is 11.9. The summed E-state index contributed by atoms with van der Waals surface area (Å²) in [6, 6.07) is 1.26. The summed E-state index contributed by atoms with van der Waals surface area (Å²) in [6.07, 6.45) is 1.31. The van der Waals surface area contributed by atoms with Crippen molar-refractivity contribution >= 4 is 15.9 Å².